The Hall–Kier alpha value is -3.34. The van der Waals surface area contributed by atoms with Crippen LogP contribution in [0.15, 0.2) is 78.6 Å². The smallest absolute Gasteiger partial charge is 0.412 e. The van der Waals surface area contributed by atoms with Crippen LogP contribution in [-0.2, 0) is 20.7 Å². The highest BCUT2D eigenvalue weighted by atomic mass is 16.6. The molecule has 0 aliphatic heterocycles. The predicted octanol–water partition coefficient (Wildman–Crippen LogP) is 5.03. The number of carbonyl (C=O) groups excluding carboxylic acids is 2. The SMILES string of the molecule is C=C(C)OC(=O)N[C@@H](/C=C(\C)C(=O)OCC)Cc1ccc(-c2ccccc2)cc1. The zero-order chi connectivity index (χ0) is 21.2. The van der Waals surface area contributed by atoms with Gasteiger partial charge in [0, 0.05) is 5.57 Å². The van der Waals surface area contributed by atoms with Crippen molar-refractivity contribution in [2.24, 2.45) is 0 Å². The fourth-order valence-corrected chi connectivity index (χ4v) is 2.82. The van der Waals surface area contributed by atoms with Crippen LogP contribution < -0.4 is 5.32 Å². The van der Waals surface area contributed by atoms with Crippen molar-refractivity contribution in [1.29, 1.82) is 0 Å². The van der Waals surface area contributed by atoms with E-state index < -0.39 is 18.1 Å². The number of allylic oxidation sites excluding steroid dienone is 1. The van der Waals surface area contributed by atoms with Crippen LogP contribution in [0.1, 0.15) is 26.3 Å². The summed E-state index contributed by atoms with van der Waals surface area (Å²) in [6.45, 7) is 8.86. The molecular formula is C24H27NO4. The van der Waals surface area contributed by atoms with Crippen LogP contribution in [-0.4, -0.2) is 24.7 Å². The lowest BCUT2D eigenvalue weighted by Crippen LogP contribution is -2.35. The average molecular weight is 393 g/mol. The second kappa shape index (κ2) is 10.9. The predicted molar refractivity (Wildman–Crippen MR) is 114 cm³/mol. The second-order valence-corrected chi connectivity index (χ2v) is 6.68. The minimum Gasteiger partial charge on any atom is -0.463 e. The largest absolute Gasteiger partial charge is 0.463 e. The summed E-state index contributed by atoms with van der Waals surface area (Å²) in [5.41, 5.74) is 3.68. The van der Waals surface area contributed by atoms with E-state index in [-0.39, 0.29) is 0 Å². The van der Waals surface area contributed by atoms with E-state index in [4.69, 9.17) is 9.47 Å². The third kappa shape index (κ3) is 7.30. The third-order valence-electron chi connectivity index (χ3n) is 4.14. The summed E-state index contributed by atoms with van der Waals surface area (Å²) in [5, 5.41) is 2.76. The van der Waals surface area contributed by atoms with Crippen LogP contribution in [0.3, 0.4) is 0 Å². The lowest BCUT2D eigenvalue weighted by atomic mass is 10.00. The summed E-state index contributed by atoms with van der Waals surface area (Å²) in [5.74, 6) is -0.119. The van der Waals surface area contributed by atoms with Gasteiger partial charge in [-0.1, -0.05) is 67.3 Å². The number of amides is 1. The van der Waals surface area contributed by atoms with Gasteiger partial charge in [-0.2, -0.15) is 0 Å². The molecule has 2 aromatic rings. The highest BCUT2D eigenvalue weighted by molar-refractivity contribution is 5.88. The number of ether oxygens (including phenoxy) is 2. The Morgan fingerprint density at radius 2 is 1.66 bits per heavy atom. The molecule has 152 valence electrons. The summed E-state index contributed by atoms with van der Waals surface area (Å²) >= 11 is 0. The van der Waals surface area contributed by atoms with Gasteiger partial charge in [0.15, 0.2) is 0 Å². The minimum absolute atomic E-state index is 0.291. The Balaban J connectivity index is 2.17. The molecule has 0 aliphatic rings. The van der Waals surface area contributed by atoms with E-state index in [1.807, 2.05) is 42.5 Å². The van der Waals surface area contributed by atoms with Gasteiger partial charge in [-0.25, -0.2) is 9.59 Å². The first-order valence-corrected chi connectivity index (χ1v) is 9.52. The molecule has 1 N–H and O–H groups in total. The molecule has 5 nitrogen and oxygen atoms in total. The summed E-state index contributed by atoms with van der Waals surface area (Å²) in [7, 11) is 0. The quantitative estimate of drug-likeness (QED) is 0.388. The normalized spacial score (nSPS) is 12.0. The molecule has 0 fully saturated rings. The number of alkyl carbamates (subject to hydrolysis) is 1. The number of hydrogen-bond acceptors (Lipinski definition) is 4. The van der Waals surface area contributed by atoms with E-state index in [2.05, 4.69) is 24.0 Å². The van der Waals surface area contributed by atoms with Crippen LogP contribution in [0.25, 0.3) is 11.1 Å². The van der Waals surface area contributed by atoms with Gasteiger partial charge in [-0.05, 0) is 43.9 Å². The maximum absolute atomic E-state index is 12.0. The summed E-state index contributed by atoms with van der Waals surface area (Å²) in [6, 6.07) is 17.7. The van der Waals surface area contributed by atoms with Crippen molar-refractivity contribution < 1.29 is 19.1 Å². The monoisotopic (exact) mass is 393 g/mol. The lowest BCUT2D eigenvalue weighted by molar-refractivity contribution is -0.138. The molecule has 1 atom stereocenters. The standard InChI is InChI=1S/C24H27NO4/c1-5-28-23(26)18(4)15-22(25-24(27)29-17(2)3)16-19-11-13-21(14-12-19)20-9-7-6-8-10-20/h6-15,22H,2,5,16H2,1,3-4H3,(H,25,27)/b18-15+/t22-/m0/s1. The first-order valence-electron chi connectivity index (χ1n) is 9.52. The number of benzene rings is 2. The van der Waals surface area contributed by atoms with Crippen LogP contribution in [0.2, 0.25) is 0 Å². The maximum atomic E-state index is 12.0. The van der Waals surface area contributed by atoms with E-state index >= 15 is 0 Å². The van der Waals surface area contributed by atoms with Gasteiger partial charge in [0.1, 0.15) is 0 Å². The topological polar surface area (TPSA) is 64.6 Å². The Labute approximate surface area is 172 Å². The van der Waals surface area contributed by atoms with Gasteiger partial charge in [0.2, 0.25) is 0 Å². The first-order chi connectivity index (χ1) is 13.9. The molecule has 0 unspecified atom stereocenters. The molecule has 1 amide bonds. The Kier molecular flexibility index (Phi) is 8.22. The highest BCUT2D eigenvalue weighted by Crippen LogP contribution is 2.20. The lowest BCUT2D eigenvalue weighted by Gasteiger charge is -2.17. The fourth-order valence-electron chi connectivity index (χ4n) is 2.82. The second-order valence-electron chi connectivity index (χ2n) is 6.68. The van der Waals surface area contributed by atoms with Gasteiger partial charge in [-0.15, -0.1) is 0 Å². The molecule has 0 aliphatic carbocycles. The molecule has 0 radical (unpaired) electrons. The van der Waals surface area contributed by atoms with Gasteiger partial charge < -0.3 is 14.8 Å². The van der Waals surface area contributed by atoms with Crippen LogP contribution >= 0.6 is 0 Å². The van der Waals surface area contributed by atoms with Crippen molar-refractivity contribution in [3.05, 3.63) is 84.1 Å². The first kappa shape index (κ1) is 22.0. The van der Waals surface area contributed by atoms with Crippen LogP contribution in [0.4, 0.5) is 4.79 Å². The van der Waals surface area contributed by atoms with Crippen molar-refractivity contribution in [3.8, 4) is 11.1 Å². The van der Waals surface area contributed by atoms with Gasteiger partial charge in [0.25, 0.3) is 0 Å². The molecule has 5 heteroatoms. The van der Waals surface area contributed by atoms with Crippen molar-refractivity contribution in [2.75, 3.05) is 6.61 Å². The van der Waals surface area contributed by atoms with Gasteiger partial charge in [-0.3, -0.25) is 0 Å². The summed E-state index contributed by atoms with van der Waals surface area (Å²) in [4.78, 5) is 24.0. The van der Waals surface area contributed by atoms with E-state index in [1.165, 1.54) is 0 Å². The molecular weight excluding hydrogens is 366 g/mol. The summed E-state index contributed by atoms with van der Waals surface area (Å²) < 4.78 is 10.0. The minimum atomic E-state index is -0.615. The van der Waals surface area contributed by atoms with Crippen LogP contribution in [0.5, 0.6) is 0 Å². The molecule has 2 rings (SSSR count). The van der Waals surface area contributed by atoms with Crippen molar-refractivity contribution in [2.45, 2.75) is 33.2 Å². The number of hydrogen-bond donors (Lipinski definition) is 1. The van der Waals surface area contributed by atoms with E-state index in [0.29, 0.717) is 24.4 Å². The molecule has 2 aromatic carbocycles. The molecule has 29 heavy (non-hydrogen) atoms. The Bertz CT molecular complexity index is 870. The Morgan fingerprint density at radius 1 is 1.03 bits per heavy atom. The summed E-state index contributed by atoms with van der Waals surface area (Å²) in [6.07, 6.45) is 1.57. The molecule has 0 aromatic heterocycles. The number of nitrogens with one attached hydrogen (secondary N) is 1. The van der Waals surface area contributed by atoms with E-state index in [0.717, 1.165) is 16.7 Å². The maximum Gasteiger partial charge on any atom is 0.412 e. The third-order valence-corrected chi connectivity index (χ3v) is 4.14. The zero-order valence-corrected chi connectivity index (χ0v) is 17.1. The Morgan fingerprint density at radius 3 is 2.24 bits per heavy atom. The number of carbonyl (C=O) groups is 2. The molecule has 0 heterocycles. The average Bonchev–Trinajstić information content (AvgIpc) is 2.68. The van der Waals surface area contributed by atoms with Crippen molar-refractivity contribution >= 4 is 12.1 Å². The highest BCUT2D eigenvalue weighted by Gasteiger charge is 2.15. The number of rotatable bonds is 8. The zero-order valence-electron chi connectivity index (χ0n) is 17.1. The van der Waals surface area contributed by atoms with Crippen LogP contribution in [0, 0.1) is 0 Å². The molecule has 0 saturated heterocycles. The van der Waals surface area contributed by atoms with E-state index in [9.17, 15) is 9.59 Å². The fraction of sp³-hybridized carbons (Fsp3) is 0.250. The molecule has 0 bridgehead atoms. The molecule has 0 spiro atoms. The van der Waals surface area contributed by atoms with E-state index in [1.54, 1.807) is 26.8 Å². The number of esters is 1. The van der Waals surface area contributed by atoms with Crippen molar-refractivity contribution in [3.63, 3.8) is 0 Å². The molecule has 0 saturated carbocycles. The van der Waals surface area contributed by atoms with Gasteiger partial charge >= 0.3 is 12.1 Å². The van der Waals surface area contributed by atoms with Gasteiger partial charge in [0.05, 0.1) is 18.4 Å². The van der Waals surface area contributed by atoms with Crippen molar-refractivity contribution in [1.82, 2.24) is 5.32 Å².